The fourth-order valence-corrected chi connectivity index (χ4v) is 1.34. The lowest BCUT2D eigenvalue weighted by Crippen LogP contribution is -2.23. The minimum Gasteiger partial charge on any atom is -0.493 e. The minimum absolute atomic E-state index is 0.0138. The van der Waals surface area contributed by atoms with Crippen LogP contribution in [0.1, 0.15) is 5.56 Å². The molecule has 0 bridgehead atoms. The molecule has 1 aromatic rings. The van der Waals surface area contributed by atoms with Crippen LogP contribution in [0.3, 0.4) is 0 Å². The molecule has 0 aliphatic rings. The lowest BCUT2D eigenvalue weighted by molar-refractivity contribution is -0.127. The summed E-state index contributed by atoms with van der Waals surface area (Å²) in [7, 11) is 6.56. The standard InChI is InChI=1S/C12H16NO3/c1-13(2)11(14)8-9-6-5-7-10(15-3)12(9)16-4/h6-7H,8H2,1-4H3. The fourth-order valence-electron chi connectivity index (χ4n) is 1.34. The molecule has 16 heavy (non-hydrogen) atoms. The molecule has 0 heterocycles. The van der Waals surface area contributed by atoms with Crippen molar-refractivity contribution in [2.45, 2.75) is 6.42 Å². The van der Waals surface area contributed by atoms with Crippen LogP contribution in [0.2, 0.25) is 0 Å². The Balaban J connectivity index is 2.99. The topological polar surface area (TPSA) is 38.8 Å². The van der Waals surface area contributed by atoms with Gasteiger partial charge in [-0.1, -0.05) is 0 Å². The van der Waals surface area contributed by atoms with E-state index >= 15 is 0 Å². The van der Waals surface area contributed by atoms with Gasteiger partial charge in [0, 0.05) is 19.7 Å². The highest BCUT2D eigenvalue weighted by Gasteiger charge is 2.13. The Kier molecular flexibility index (Phi) is 4.17. The van der Waals surface area contributed by atoms with E-state index in [0.29, 0.717) is 11.5 Å². The van der Waals surface area contributed by atoms with E-state index in [-0.39, 0.29) is 12.3 Å². The van der Waals surface area contributed by atoms with Crippen molar-refractivity contribution >= 4 is 5.91 Å². The van der Waals surface area contributed by atoms with E-state index in [0.717, 1.165) is 5.56 Å². The highest BCUT2D eigenvalue weighted by Crippen LogP contribution is 2.30. The van der Waals surface area contributed by atoms with Gasteiger partial charge in [0.1, 0.15) is 0 Å². The van der Waals surface area contributed by atoms with Gasteiger partial charge in [0.25, 0.3) is 0 Å². The number of methoxy groups -OCH3 is 2. The molecule has 0 unspecified atom stereocenters. The second-order valence-electron chi connectivity index (χ2n) is 3.55. The zero-order chi connectivity index (χ0) is 12.1. The summed E-state index contributed by atoms with van der Waals surface area (Å²) in [6.07, 6.45) is 0.282. The second-order valence-corrected chi connectivity index (χ2v) is 3.55. The Bertz CT molecular complexity index is 375. The number of hydrogen-bond donors (Lipinski definition) is 0. The third-order valence-electron chi connectivity index (χ3n) is 2.25. The third-order valence-corrected chi connectivity index (χ3v) is 2.25. The molecule has 0 spiro atoms. The average molecular weight is 222 g/mol. The van der Waals surface area contributed by atoms with Gasteiger partial charge in [0.15, 0.2) is 11.5 Å². The van der Waals surface area contributed by atoms with Crippen LogP contribution in [0.25, 0.3) is 0 Å². The first kappa shape index (κ1) is 12.4. The molecular weight excluding hydrogens is 206 g/mol. The highest BCUT2D eigenvalue weighted by molar-refractivity contribution is 5.79. The minimum atomic E-state index is 0.0138. The molecule has 0 N–H and O–H groups in total. The molecule has 0 aliphatic heterocycles. The summed E-state index contributed by atoms with van der Waals surface area (Å²) in [5, 5.41) is 0. The number of carbonyl (C=O) groups excluding carboxylic acids is 1. The quantitative estimate of drug-likeness (QED) is 0.766. The van der Waals surface area contributed by atoms with E-state index in [2.05, 4.69) is 6.07 Å². The van der Waals surface area contributed by atoms with Crippen LogP contribution >= 0.6 is 0 Å². The highest BCUT2D eigenvalue weighted by atomic mass is 16.5. The van der Waals surface area contributed by atoms with Gasteiger partial charge < -0.3 is 14.4 Å². The first-order valence-electron chi connectivity index (χ1n) is 4.91. The molecule has 87 valence electrons. The first-order chi connectivity index (χ1) is 7.60. The summed E-state index contributed by atoms with van der Waals surface area (Å²) in [5.74, 6) is 1.20. The van der Waals surface area contributed by atoms with E-state index in [1.807, 2.05) is 0 Å². The summed E-state index contributed by atoms with van der Waals surface area (Å²) in [6.45, 7) is 0. The molecule has 0 aromatic heterocycles. The number of hydrogen-bond acceptors (Lipinski definition) is 3. The van der Waals surface area contributed by atoms with E-state index < -0.39 is 0 Å². The molecule has 1 radical (unpaired) electrons. The van der Waals surface area contributed by atoms with E-state index in [9.17, 15) is 4.79 Å². The SMILES string of the molecule is COc1c[c]cc(CC(=O)N(C)C)c1OC. The predicted molar refractivity (Wildman–Crippen MR) is 60.8 cm³/mol. The Morgan fingerprint density at radius 3 is 2.50 bits per heavy atom. The van der Waals surface area contributed by atoms with Gasteiger partial charge in [-0.05, 0) is 18.2 Å². The van der Waals surface area contributed by atoms with Crippen molar-refractivity contribution in [3.63, 3.8) is 0 Å². The van der Waals surface area contributed by atoms with Crippen LogP contribution in [0.5, 0.6) is 11.5 Å². The van der Waals surface area contributed by atoms with Crippen molar-refractivity contribution in [3.05, 3.63) is 23.8 Å². The molecule has 1 rings (SSSR count). The Morgan fingerprint density at radius 1 is 1.31 bits per heavy atom. The number of benzene rings is 1. The average Bonchev–Trinajstić information content (AvgIpc) is 2.28. The van der Waals surface area contributed by atoms with Crippen LogP contribution in [-0.2, 0) is 11.2 Å². The molecule has 0 atom stereocenters. The van der Waals surface area contributed by atoms with E-state index in [1.165, 1.54) is 0 Å². The van der Waals surface area contributed by atoms with Crippen LogP contribution in [0.15, 0.2) is 12.1 Å². The number of likely N-dealkylation sites (N-methyl/N-ethyl adjacent to an activating group) is 1. The van der Waals surface area contributed by atoms with Crippen LogP contribution in [-0.4, -0.2) is 39.1 Å². The molecule has 0 saturated heterocycles. The summed E-state index contributed by atoms with van der Waals surface area (Å²) in [4.78, 5) is 13.1. The van der Waals surface area contributed by atoms with Crippen molar-refractivity contribution < 1.29 is 14.3 Å². The van der Waals surface area contributed by atoms with Crippen LogP contribution in [0, 0.1) is 6.07 Å². The number of carbonyl (C=O) groups is 1. The number of amides is 1. The normalized spacial score (nSPS) is 9.75. The Hall–Kier alpha value is -1.71. The van der Waals surface area contributed by atoms with Crippen molar-refractivity contribution in [1.82, 2.24) is 4.90 Å². The first-order valence-corrected chi connectivity index (χ1v) is 4.91. The molecule has 0 aliphatic carbocycles. The molecule has 0 saturated carbocycles. The number of ether oxygens (including phenoxy) is 2. The summed E-state index contributed by atoms with van der Waals surface area (Å²) < 4.78 is 10.4. The zero-order valence-corrected chi connectivity index (χ0v) is 10.0. The second kappa shape index (κ2) is 5.39. The zero-order valence-electron chi connectivity index (χ0n) is 10.0. The molecule has 1 aromatic carbocycles. The van der Waals surface area contributed by atoms with Crippen molar-refractivity contribution in [2.24, 2.45) is 0 Å². The van der Waals surface area contributed by atoms with Crippen molar-refractivity contribution in [3.8, 4) is 11.5 Å². The number of rotatable bonds is 4. The summed E-state index contributed by atoms with van der Waals surface area (Å²) in [6, 6.07) is 6.35. The van der Waals surface area contributed by atoms with Gasteiger partial charge in [-0.25, -0.2) is 0 Å². The van der Waals surface area contributed by atoms with Gasteiger partial charge >= 0.3 is 0 Å². The number of nitrogens with zero attached hydrogens (tertiary/aromatic N) is 1. The van der Waals surface area contributed by atoms with Gasteiger partial charge in [0.2, 0.25) is 5.91 Å². The molecule has 4 nitrogen and oxygen atoms in total. The van der Waals surface area contributed by atoms with Gasteiger partial charge in [-0.3, -0.25) is 4.79 Å². The molecular formula is C12H16NO3. The predicted octanol–water partition coefficient (Wildman–Crippen LogP) is 1.13. The maximum Gasteiger partial charge on any atom is 0.226 e. The largest absolute Gasteiger partial charge is 0.493 e. The van der Waals surface area contributed by atoms with Crippen molar-refractivity contribution in [1.29, 1.82) is 0 Å². The van der Waals surface area contributed by atoms with Gasteiger partial charge in [0.05, 0.1) is 20.6 Å². The van der Waals surface area contributed by atoms with Crippen LogP contribution in [0.4, 0.5) is 0 Å². The Labute approximate surface area is 95.8 Å². The van der Waals surface area contributed by atoms with Gasteiger partial charge in [-0.15, -0.1) is 0 Å². The molecule has 4 heteroatoms. The third kappa shape index (κ3) is 2.66. The smallest absolute Gasteiger partial charge is 0.226 e. The maximum absolute atomic E-state index is 11.6. The van der Waals surface area contributed by atoms with Crippen LogP contribution < -0.4 is 9.47 Å². The maximum atomic E-state index is 11.6. The van der Waals surface area contributed by atoms with E-state index in [4.69, 9.17) is 9.47 Å². The molecule has 0 fully saturated rings. The van der Waals surface area contributed by atoms with Gasteiger partial charge in [-0.2, -0.15) is 0 Å². The Morgan fingerprint density at radius 2 is 2.00 bits per heavy atom. The van der Waals surface area contributed by atoms with Crippen molar-refractivity contribution in [2.75, 3.05) is 28.3 Å². The monoisotopic (exact) mass is 222 g/mol. The van der Waals surface area contributed by atoms with E-state index in [1.54, 1.807) is 45.3 Å². The lowest BCUT2D eigenvalue weighted by atomic mass is 10.1. The summed E-state index contributed by atoms with van der Waals surface area (Å²) >= 11 is 0. The summed E-state index contributed by atoms with van der Waals surface area (Å²) in [5.41, 5.74) is 0.778. The lowest BCUT2D eigenvalue weighted by Gasteiger charge is -2.14. The molecule has 1 amide bonds. The fraction of sp³-hybridized carbons (Fsp3) is 0.417.